The van der Waals surface area contributed by atoms with Crippen molar-refractivity contribution in [3.8, 4) is 0 Å². The van der Waals surface area contributed by atoms with Crippen LogP contribution in [0.5, 0.6) is 0 Å². The highest BCUT2D eigenvalue weighted by atomic mass is 32.1. The molecule has 2 fully saturated rings. The minimum Gasteiger partial charge on any atom is -0.360 e. The van der Waals surface area contributed by atoms with Gasteiger partial charge in [0.25, 0.3) is 0 Å². The summed E-state index contributed by atoms with van der Waals surface area (Å²) in [6, 6.07) is 1.21. The van der Waals surface area contributed by atoms with Gasteiger partial charge in [-0.15, -0.1) is 0 Å². The van der Waals surface area contributed by atoms with Crippen LogP contribution >= 0.6 is 12.2 Å². The predicted molar refractivity (Wildman–Crippen MR) is 90.9 cm³/mol. The largest absolute Gasteiger partial charge is 0.360 e. The average Bonchev–Trinajstić information content (AvgIpc) is 2.92. The molecule has 2 N–H and O–H groups in total. The molecule has 2 atom stereocenters. The van der Waals surface area contributed by atoms with Gasteiger partial charge in [0.2, 0.25) is 0 Å². The Balaban J connectivity index is 1.91. The Morgan fingerprint density at radius 2 is 1.55 bits per heavy atom. The summed E-state index contributed by atoms with van der Waals surface area (Å²) in [5, 5.41) is 8.15. The van der Waals surface area contributed by atoms with Crippen molar-refractivity contribution < 1.29 is 0 Å². The van der Waals surface area contributed by atoms with E-state index in [-0.39, 0.29) is 0 Å². The predicted octanol–water partition coefficient (Wildman–Crippen LogP) is 4.24. The van der Waals surface area contributed by atoms with Crippen LogP contribution in [0, 0.1) is 17.8 Å². The molecule has 2 saturated carbocycles. The van der Waals surface area contributed by atoms with E-state index >= 15 is 0 Å². The quantitative estimate of drug-likeness (QED) is 0.759. The molecular weight excluding hydrogens is 264 g/mol. The van der Waals surface area contributed by atoms with Gasteiger partial charge in [-0.25, -0.2) is 0 Å². The molecule has 2 aliphatic carbocycles. The highest BCUT2D eigenvalue weighted by molar-refractivity contribution is 7.80. The van der Waals surface area contributed by atoms with E-state index in [2.05, 4.69) is 31.4 Å². The van der Waals surface area contributed by atoms with Gasteiger partial charge in [-0.05, 0) is 55.7 Å². The number of thiocarbonyl (C=S) groups is 1. The van der Waals surface area contributed by atoms with Crippen molar-refractivity contribution in [2.24, 2.45) is 17.8 Å². The van der Waals surface area contributed by atoms with Crippen LogP contribution in [0.4, 0.5) is 0 Å². The second kappa shape index (κ2) is 7.63. The van der Waals surface area contributed by atoms with Crippen LogP contribution < -0.4 is 10.6 Å². The van der Waals surface area contributed by atoms with E-state index in [1.165, 1.54) is 51.4 Å². The Bertz CT molecular complexity index is 298. The van der Waals surface area contributed by atoms with Gasteiger partial charge in [-0.2, -0.15) is 0 Å². The van der Waals surface area contributed by atoms with Crippen molar-refractivity contribution >= 4 is 17.3 Å². The first kappa shape index (κ1) is 16.1. The van der Waals surface area contributed by atoms with E-state index < -0.39 is 0 Å². The standard InChI is InChI=1S/C17H32N2S/c1-4-13-10-12(3)11-14(5-2)16(13)19-17(20)18-15-8-6-7-9-15/h12-16H,4-11H2,1-3H3,(H2,18,19,20). The van der Waals surface area contributed by atoms with Crippen LogP contribution in [0.3, 0.4) is 0 Å². The lowest BCUT2D eigenvalue weighted by Crippen LogP contribution is -2.53. The summed E-state index contributed by atoms with van der Waals surface area (Å²) in [4.78, 5) is 0. The molecule has 0 radical (unpaired) electrons. The molecule has 2 rings (SSSR count). The molecule has 0 spiro atoms. The minimum absolute atomic E-state index is 0.586. The molecule has 116 valence electrons. The van der Waals surface area contributed by atoms with Gasteiger partial charge in [-0.1, -0.05) is 46.5 Å². The first-order valence-electron chi connectivity index (χ1n) is 8.71. The molecule has 0 aromatic heterocycles. The van der Waals surface area contributed by atoms with E-state index in [9.17, 15) is 0 Å². The van der Waals surface area contributed by atoms with E-state index in [4.69, 9.17) is 12.2 Å². The molecular formula is C17H32N2S. The van der Waals surface area contributed by atoms with Gasteiger partial charge < -0.3 is 10.6 Å². The second-order valence-electron chi connectivity index (χ2n) is 7.04. The first-order valence-corrected chi connectivity index (χ1v) is 9.11. The maximum Gasteiger partial charge on any atom is 0.166 e. The summed E-state index contributed by atoms with van der Waals surface area (Å²) in [5.74, 6) is 2.44. The molecule has 0 aliphatic heterocycles. The van der Waals surface area contributed by atoms with Gasteiger partial charge >= 0.3 is 0 Å². The average molecular weight is 297 g/mol. The molecule has 3 heteroatoms. The van der Waals surface area contributed by atoms with Crippen molar-refractivity contribution in [2.45, 2.75) is 84.2 Å². The van der Waals surface area contributed by atoms with Crippen LogP contribution in [0.2, 0.25) is 0 Å². The fourth-order valence-electron chi connectivity index (χ4n) is 4.33. The van der Waals surface area contributed by atoms with E-state index in [1.807, 2.05) is 0 Å². The van der Waals surface area contributed by atoms with Gasteiger partial charge in [0.15, 0.2) is 5.11 Å². The summed E-state index contributed by atoms with van der Waals surface area (Å²) in [5.41, 5.74) is 0. The van der Waals surface area contributed by atoms with Crippen molar-refractivity contribution in [3.63, 3.8) is 0 Å². The fourth-order valence-corrected chi connectivity index (χ4v) is 4.64. The Morgan fingerprint density at radius 3 is 2.05 bits per heavy atom. The maximum absolute atomic E-state index is 5.58. The van der Waals surface area contributed by atoms with E-state index in [1.54, 1.807) is 0 Å². The lowest BCUT2D eigenvalue weighted by Gasteiger charge is -2.41. The lowest BCUT2D eigenvalue weighted by atomic mass is 9.70. The normalized spacial score (nSPS) is 35.0. The number of nitrogens with one attached hydrogen (secondary N) is 2. The fraction of sp³-hybridized carbons (Fsp3) is 0.941. The third-order valence-electron chi connectivity index (χ3n) is 5.46. The van der Waals surface area contributed by atoms with Crippen LogP contribution in [0.25, 0.3) is 0 Å². The Kier molecular flexibility index (Phi) is 6.13. The van der Waals surface area contributed by atoms with Crippen LogP contribution in [-0.2, 0) is 0 Å². The zero-order valence-corrected chi connectivity index (χ0v) is 14.3. The highest BCUT2D eigenvalue weighted by Gasteiger charge is 2.35. The topological polar surface area (TPSA) is 24.1 Å². The summed E-state index contributed by atoms with van der Waals surface area (Å²) >= 11 is 5.58. The molecule has 2 aliphatic rings. The SMILES string of the molecule is CCC1CC(C)CC(CC)C1NC(=S)NC1CCCC1. The molecule has 0 bridgehead atoms. The number of hydrogen-bond acceptors (Lipinski definition) is 1. The molecule has 2 unspecified atom stereocenters. The minimum atomic E-state index is 0.586. The first-order chi connectivity index (χ1) is 9.63. The molecule has 20 heavy (non-hydrogen) atoms. The van der Waals surface area contributed by atoms with E-state index in [0.29, 0.717) is 12.1 Å². The lowest BCUT2D eigenvalue weighted by molar-refractivity contribution is 0.148. The third kappa shape index (κ3) is 4.09. The summed E-state index contributed by atoms with van der Waals surface area (Å²) in [6.07, 6.45) is 10.5. The summed E-state index contributed by atoms with van der Waals surface area (Å²) in [6.45, 7) is 7.08. The summed E-state index contributed by atoms with van der Waals surface area (Å²) in [7, 11) is 0. The Hall–Kier alpha value is -0.310. The molecule has 0 amide bonds. The Morgan fingerprint density at radius 1 is 1.00 bits per heavy atom. The molecule has 0 heterocycles. The molecule has 0 aromatic rings. The van der Waals surface area contributed by atoms with Crippen molar-refractivity contribution in [1.82, 2.24) is 10.6 Å². The van der Waals surface area contributed by atoms with Crippen molar-refractivity contribution in [2.75, 3.05) is 0 Å². The number of rotatable bonds is 4. The Labute approximate surface area is 130 Å². The third-order valence-corrected chi connectivity index (χ3v) is 5.70. The zero-order chi connectivity index (χ0) is 14.5. The highest BCUT2D eigenvalue weighted by Crippen LogP contribution is 2.36. The molecule has 2 nitrogen and oxygen atoms in total. The van der Waals surface area contributed by atoms with Crippen LogP contribution in [-0.4, -0.2) is 17.2 Å². The van der Waals surface area contributed by atoms with Crippen molar-refractivity contribution in [1.29, 1.82) is 0 Å². The molecule has 0 aromatic carbocycles. The van der Waals surface area contributed by atoms with Gasteiger partial charge in [0.1, 0.15) is 0 Å². The van der Waals surface area contributed by atoms with Crippen LogP contribution in [0.15, 0.2) is 0 Å². The van der Waals surface area contributed by atoms with E-state index in [0.717, 1.165) is 22.9 Å². The second-order valence-corrected chi connectivity index (χ2v) is 7.45. The van der Waals surface area contributed by atoms with Gasteiger partial charge in [0.05, 0.1) is 0 Å². The number of hydrogen-bond donors (Lipinski definition) is 2. The van der Waals surface area contributed by atoms with Gasteiger partial charge in [-0.3, -0.25) is 0 Å². The maximum atomic E-state index is 5.58. The van der Waals surface area contributed by atoms with Crippen molar-refractivity contribution in [3.05, 3.63) is 0 Å². The van der Waals surface area contributed by atoms with Crippen LogP contribution in [0.1, 0.15) is 72.1 Å². The monoisotopic (exact) mass is 296 g/mol. The smallest absolute Gasteiger partial charge is 0.166 e. The summed E-state index contributed by atoms with van der Waals surface area (Å²) < 4.78 is 0. The molecule has 0 saturated heterocycles. The zero-order valence-electron chi connectivity index (χ0n) is 13.5. The van der Waals surface area contributed by atoms with Gasteiger partial charge in [0, 0.05) is 12.1 Å².